The van der Waals surface area contributed by atoms with E-state index in [1.54, 1.807) is 11.8 Å². The predicted octanol–water partition coefficient (Wildman–Crippen LogP) is 6.08. The van der Waals surface area contributed by atoms with Crippen LogP contribution >= 0.6 is 11.8 Å². The van der Waals surface area contributed by atoms with Crippen molar-refractivity contribution in [1.82, 2.24) is 0 Å². The van der Waals surface area contributed by atoms with Gasteiger partial charge in [-0.25, -0.2) is 0 Å². The van der Waals surface area contributed by atoms with Crippen LogP contribution in [0, 0.1) is 0 Å². The molecule has 0 unspecified atom stereocenters. The van der Waals surface area contributed by atoms with Crippen molar-refractivity contribution in [2.45, 2.75) is 4.90 Å². The lowest BCUT2D eigenvalue weighted by atomic mass is 10.2. The molecule has 0 radical (unpaired) electrons. The van der Waals surface area contributed by atoms with E-state index in [0.29, 0.717) is 5.56 Å². The molecule has 3 aromatic rings. The molecule has 0 heterocycles. The number of benzene rings is 3. The average molecular weight is 347 g/mol. The lowest BCUT2D eigenvalue weighted by molar-refractivity contribution is 0.102. The number of carbonyl (C=O) groups is 1. The van der Waals surface area contributed by atoms with Gasteiger partial charge in [-0.1, -0.05) is 30.3 Å². The Labute approximate surface area is 151 Å². The van der Waals surface area contributed by atoms with E-state index in [9.17, 15) is 4.79 Å². The monoisotopic (exact) mass is 347 g/mol. The molecule has 1 N–H and O–H groups in total. The summed E-state index contributed by atoms with van der Waals surface area (Å²) in [5.41, 5.74) is 2.92. The molecule has 0 aliphatic heterocycles. The van der Waals surface area contributed by atoms with Gasteiger partial charge in [0.25, 0.3) is 5.91 Å². The largest absolute Gasteiger partial charge is 0.322 e. The quantitative estimate of drug-likeness (QED) is 0.449. The molecule has 25 heavy (non-hydrogen) atoms. The third-order valence-electron chi connectivity index (χ3n) is 3.51. The summed E-state index contributed by atoms with van der Waals surface area (Å²) < 4.78 is 0. The summed E-state index contributed by atoms with van der Waals surface area (Å²) in [5.74, 6) is -0.122. The molecule has 1 amide bonds. The molecular weight excluding hydrogens is 330 g/mol. The second kappa shape index (κ2) is 8.26. The average Bonchev–Trinajstić information content (AvgIpc) is 2.68. The topological polar surface area (TPSA) is 53.8 Å². The fraction of sp³-hybridized carbons (Fsp3) is 0.0500. The van der Waals surface area contributed by atoms with Gasteiger partial charge >= 0.3 is 0 Å². The lowest BCUT2D eigenvalue weighted by Gasteiger charge is -2.08. The summed E-state index contributed by atoms with van der Waals surface area (Å²) in [5, 5.41) is 11.3. The van der Waals surface area contributed by atoms with Crippen LogP contribution in [-0.2, 0) is 0 Å². The summed E-state index contributed by atoms with van der Waals surface area (Å²) >= 11 is 1.55. The lowest BCUT2D eigenvalue weighted by Crippen LogP contribution is -2.12. The summed E-state index contributed by atoms with van der Waals surface area (Å²) in [7, 11) is 0. The molecule has 0 saturated carbocycles. The molecule has 4 nitrogen and oxygen atoms in total. The first kappa shape index (κ1) is 16.9. The van der Waals surface area contributed by atoms with Crippen LogP contribution in [0.3, 0.4) is 0 Å². The van der Waals surface area contributed by atoms with Crippen molar-refractivity contribution in [3.05, 3.63) is 84.4 Å². The van der Waals surface area contributed by atoms with E-state index in [1.807, 2.05) is 85.1 Å². The number of azo groups is 1. The number of hydrogen-bond acceptors (Lipinski definition) is 4. The number of thioether (sulfide) groups is 1. The van der Waals surface area contributed by atoms with Gasteiger partial charge in [0.05, 0.1) is 16.9 Å². The number of nitrogens with one attached hydrogen (secondary N) is 1. The van der Waals surface area contributed by atoms with Gasteiger partial charge in [-0.15, -0.1) is 11.8 Å². The molecule has 0 aromatic heterocycles. The van der Waals surface area contributed by atoms with Gasteiger partial charge in [0.2, 0.25) is 0 Å². The number of nitrogens with zero attached hydrogens (tertiary/aromatic N) is 2. The van der Waals surface area contributed by atoms with E-state index < -0.39 is 0 Å². The third-order valence-corrected chi connectivity index (χ3v) is 4.31. The Morgan fingerprint density at radius 2 is 1.40 bits per heavy atom. The predicted molar refractivity (Wildman–Crippen MR) is 103 cm³/mol. The minimum Gasteiger partial charge on any atom is -0.322 e. The van der Waals surface area contributed by atoms with E-state index in [1.165, 1.54) is 0 Å². The Morgan fingerprint density at radius 1 is 0.800 bits per heavy atom. The van der Waals surface area contributed by atoms with Crippen molar-refractivity contribution < 1.29 is 4.79 Å². The second-order valence-electron chi connectivity index (χ2n) is 5.24. The second-order valence-corrected chi connectivity index (χ2v) is 6.08. The number of anilines is 1. The molecule has 3 rings (SSSR count). The summed E-state index contributed by atoms with van der Waals surface area (Å²) in [6.07, 6.45) is 1.96. The zero-order chi connectivity index (χ0) is 17.5. The molecule has 3 aromatic carbocycles. The van der Waals surface area contributed by atoms with Gasteiger partial charge < -0.3 is 5.32 Å². The Balaban J connectivity index is 1.68. The van der Waals surface area contributed by atoms with Crippen LogP contribution in [0.2, 0.25) is 0 Å². The van der Waals surface area contributed by atoms with Crippen LogP contribution in [0.1, 0.15) is 10.4 Å². The zero-order valence-corrected chi connectivity index (χ0v) is 14.5. The molecule has 0 saturated heterocycles. The summed E-state index contributed by atoms with van der Waals surface area (Å²) in [6.45, 7) is 0. The van der Waals surface area contributed by atoms with E-state index in [0.717, 1.165) is 22.0 Å². The minimum absolute atomic E-state index is 0.122. The maximum Gasteiger partial charge on any atom is 0.256 e. The molecule has 0 atom stereocenters. The van der Waals surface area contributed by atoms with Gasteiger partial charge in [-0.05, 0) is 54.8 Å². The van der Waals surface area contributed by atoms with Gasteiger partial charge in [-0.3, -0.25) is 4.79 Å². The SMILES string of the molecule is CSc1ccccc1C(=O)Nc1ccc(N=Nc2ccccc2)cc1. The Morgan fingerprint density at radius 3 is 2.08 bits per heavy atom. The fourth-order valence-electron chi connectivity index (χ4n) is 2.25. The van der Waals surface area contributed by atoms with E-state index in [2.05, 4.69) is 15.5 Å². The highest BCUT2D eigenvalue weighted by Gasteiger charge is 2.10. The normalized spacial score (nSPS) is 10.8. The highest BCUT2D eigenvalue weighted by Crippen LogP contribution is 2.23. The number of carbonyl (C=O) groups excluding carboxylic acids is 1. The number of amides is 1. The first-order valence-electron chi connectivity index (χ1n) is 7.77. The van der Waals surface area contributed by atoms with Crippen LogP contribution < -0.4 is 5.32 Å². The maximum atomic E-state index is 12.4. The van der Waals surface area contributed by atoms with Crippen LogP contribution in [0.25, 0.3) is 0 Å². The van der Waals surface area contributed by atoms with Crippen LogP contribution in [0.5, 0.6) is 0 Å². The standard InChI is InChI=1S/C20H17N3OS/c1-25-19-10-6-5-9-18(19)20(24)21-15-11-13-17(14-12-15)23-22-16-7-3-2-4-8-16/h2-14H,1H3,(H,21,24). The molecule has 0 aliphatic carbocycles. The minimum atomic E-state index is -0.122. The van der Waals surface area contributed by atoms with Crippen molar-refractivity contribution in [3.8, 4) is 0 Å². The van der Waals surface area contributed by atoms with Crippen LogP contribution in [-0.4, -0.2) is 12.2 Å². The van der Waals surface area contributed by atoms with Crippen LogP contribution in [0.15, 0.2) is 94.0 Å². The highest BCUT2D eigenvalue weighted by atomic mass is 32.2. The van der Waals surface area contributed by atoms with Crippen molar-refractivity contribution in [2.24, 2.45) is 10.2 Å². The number of rotatable bonds is 5. The first-order chi connectivity index (χ1) is 12.3. The summed E-state index contributed by atoms with van der Waals surface area (Å²) in [4.78, 5) is 13.4. The molecule has 124 valence electrons. The third kappa shape index (κ3) is 4.55. The van der Waals surface area contributed by atoms with Gasteiger partial charge in [0, 0.05) is 10.6 Å². The fourth-order valence-corrected chi connectivity index (χ4v) is 2.85. The molecule has 0 fully saturated rings. The molecular formula is C20H17N3OS. The van der Waals surface area contributed by atoms with Crippen LogP contribution in [0.4, 0.5) is 17.1 Å². The summed E-state index contributed by atoms with van der Waals surface area (Å²) in [6, 6.07) is 24.4. The molecule has 0 spiro atoms. The molecule has 0 bridgehead atoms. The van der Waals surface area contributed by atoms with E-state index >= 15 is 0 Å². The van der Waals surface area contributed by atoms with Crippen molar-refractivity contribution in [2.75, 3.05) is 11.6 Å². The Hall–Kier alpha value is -2.92. The van der Waals surface area contributed by atoms with Crippen molar-refractivity contribution >= 4 is 34.7 Å². The van der Waals surface area contributed by atoms with E-state index in [-0.39, 0.29) is 5.91 Å². The first-order valence-corrected chi connectivity index (χ1v) is 9.00. The smallest absolute Gasteiger partial charge is 0.256 e. The van der Waals surface area contributed by atoms with E-state index in [4.69, 9.17) is 0 Å². The zero-order valence-electron chi connectivity index (χ0n) is 13.7. The van der Waals surface area contributed by atoms with Gasteiger partial charge in [-0.2, -0.15) is 10.2 Å². The molecule has 0 aliphatic rings. The molecule has 5 heteroatoms. The number of hydrogen-bond donors (Lipinski definition) is 1. The van der Waals surface area contributed by atoms with Gasteiger partial charge in [0.15, 0.2) is 0 Å². The maximum absolute atomic E-state index is 12.4. The van der Waals surface area contributed by atoms with Gasteiger partial charge in [0.1, 0.15) is 0 Å². The Kier molecular flexibility index (Phi) is 5.59. The Bertz CT molecular complexity index is 877. The van der Waals surface area contributed by atoms with Crippen molar-refractivity contribution in [3.63, 3.8) is 0 Å². The highest BCUT2D eigenvalue weighted by molar-refractivity contribution is 7.98. The van der Waals surface area contributed by atoms with Crippen molar-refractivity contribution in [1.29, 1.82) is 0 Å².